The van der Waals surface area contributed by atoms with Crippen molar-refractivity contribution in [2.24, 2.45) is 0 Å². The molecule has 3 aromatic rings. The number of aromatic nitrogens is 1. The second-order valence-corrected chi connectivity index (χ2v) is 4.10. The average molecular weight is 253 g/mol. The van der Waals surface area contributed by atoms with Crippen molar-refractivity contribution in [3.63, 3.8) is 0 Å². The van der Waals surface area contributed by atoms with Crippen LogP contribution in [0.5, 0.6) is 11.5 Å². The minimum atomic E-state index is 0.0357. The zero-order chi connectivity index (χ0) is 13.2. The fourth-order valence-electron chi connectivity index (χ4n) is 1.83. The molecule has 2 N–H and O–H groups in total. The summed E-state index contributed by atoms with van der Waals surface area (Å²) in [6.45, 7) is 0. The Labute approximate surface area is 109 Å². The fraction of sp³-hybridized carbons (Fsp3) is 0. The van der Waals surface area contributed by atoms with E-state index < -0.39 is 0 Å². The summed E-state index contributed by atoms with van der Waals surface area (Å²) in [5.41, 5.74) is 1.27. The van der Waals surface area contributed by atoms with Crippen LogP contribution >= 0.6 is 0 Å². The second-order valence-electron chi connectivity index (χ2n) is 4.10. The molecule has 0 fully saturated rings. The highest BCUT2D eigenvalue weighted by molar-refractivity contribution is 5.68. The summed E-state index contributed by atoms with van der Waals surface area (Å²) in [5.74, 6) is 0.976. The van der Waals surface area contributed by atoms with E-state index in [0.717, 1.165) is 5.56 Å². The van der Waals surface area contributed by atoms with E-state index in [1.807, 2.05) is 30.3 Å². The Kier molecular flexibility index (Phi) is 2.68. The predicted octanol–water partition coefficient (Wildman–Crippen LogP) is 3.42. The monoisotopic (exact) mass is 253 g/mol. The second kappa shape index (κ2) is 4.49. The van der Waals surface area contributed by atoms with E-state index in [4.69, 9.17) is 4.42 Å². The number of oxazole rings is 1. The van der Waals surface area contributed by atoms with E-state index in [2.05, 4.69) is 4.98 Å². The molecule has 0 bridgehead atoms. The van der Waals surface area contributed by atoms with Crippen LogP contribution in [-0.2, 0) is 0 Å². The first-order chi connectivity index (χ1) is 9.24. The lowest BCUT2D eigenvalue weighted by atomic mass is 10.1. The van der Waals surface area contributed by atoms with Gasteiger partial charge in [-0.05, 0) is 30.3 Å². The molecule has 0 spiro atoms. The van der Waals surface area contributed by atoms with Crippen LogP contribution in [0.2, 0.25) is 0 Å². The largest absolute Gasteiger partial charge is 0.508 e. The molecule has 1 heterocycles. The van der Waals surface area contributed by atoms with Gasteiger partial charge in [-0.25, -0.2) is 4.98 Å². The summed E-state index contributed by atoms with van der Waals surface area (Å²) in [4.78, 5) is 4.17. The molecule has 0 radical (unpaired) electrons. The van der Waals surface area contributed by atoms with Gasteiger partial charge in [0, 0.05) is 5.56 Å². The Bertz CT molecular complexity index is 704. The first kappa shape index (κ1) is 11.3. The summed E-state index contributed by atoms with van der Waals surface area (Å²) < 4.78 is 5.61. The van der Waals surface area contributed by atoms with Gasteiger partial charge >= 0.3 is 0 Å². The molecule has 0 saturated heterocycles. The summed E-state index contributed by atoms with van der Waals surface area (Å²) >= 11 is 0. The van der Waals surface area contributed by atoms with Crippen molar-refractivity contribution in [2.75, 3.05) is 0 Å². The van der Waals surface area contributed by atoms with Crippen molar-refractivity contribution in [2.45, 2.75) is 0 Å². The lowest BCUT2D eigenvalue weighted by molar-refractivity contribution is 0.459. The van der Waals surface area contributed by atoms with Gasteiger partial charge in [0.15, 0.2) is 5.76 Å². The van der Waals surface area contributed by atoms with Gasteiger partial charge in [0.05, 0.1) is 11.8 Å². The van der Waals surface area contributed by atoms with Crippen molar-refractivity contribution in [1.29, 1.82) is 0 Å². The van der Waals surface area contributed by atoms with Crippen LogP contribution in [0.15, 0.2) is 59.1 Å². The quantitative estimate of drug-likeness (QED) is 0.687. The standard InChI is InChI=1S/C15H11NO3/c17-11-6-7-13(18)12(8-11)14-9-16-15(19-14)10-4-2-1-3-5-10/h1-9,17-18H. The Morgan fingerprint density at radius 3 is 2.53 bits per heavy atom. The smallest absolute Gasteiger partial charge is 0.226 e. The minimum absolute atomic E-state index is 0.0357. The van der Waals surface area contributed by atoms with Crippen LogP contribution in [0.25, 0.3) is 22.8 Å². The van der Waals surface area contributed by atoms with Gasteiger partial charge in [-0.3, -0.25) is 0 Å². The minimum Gasteiger partial charge on any atom is -0.508 e. The Balaban J connectivity index is 2.04. The van der Waals surface area contributed by atoms with Crippen LogP contribution in [0.4, 0.5) is 0 Å². The van der Waals surface area contributed by atoms with Crippen LogP contribution < -0.4 is 0 Å². The van der Waals surface area contributed by atoms with Crippen LogP contribution in [0.1, 0.15) is 0 Å². The SMILES string of the molecule is Oc1ccc(O)c(-c2cnc(-c3ccccc3)o2)c1. The topological polar surface area (TPSA) is 66.5 Å². The van der Waals surface area contributed by atoms with E-state index in [1.165, 1.54) is 24.4 Å². The molecule has 2 aromatic carbocycles. The number of phenolic OH excluding ortho intramolecular Hbond substituents is 2. The zero-order valence-corrected chi connectivity index (χ0v) is 9.95. The average Bonchev–Trinajstić information content (AvgIpc) is 2.92. The lowest BCUT2D eigenvalue weighted by Gasteiger charge is -2.01. The van der Waals surface area contributed by atoms with Gasteiger partial charge in [-0.1, -0.05) is 18.2 Å². The van der Waals surface area contributed by atoms with Gasteiger partial charge in [0.2, 0.25) is 5.89 Å². The molecule has 0 aliphatic carbocycles. The number of aromatic hydroxyl groups is 2. The third-order valence-electron chi connectivity index (χ3n) is 2.77. The molecule has 4 heteroatoms. The van der Waals surface area contributed by atoms with Crippen LogP contribution in [0.3, 0.4) is 0 Å². The molecule has 19 heavy (non-hydrogen) atoms. The molecule has 0 saturated carbocycles. The third-order valence-corrected chi connectivity index (χ3v) is 2.77. The summed E-state index contributed by atoms with van der Waals surface area (Å²) in [7, 11) is 0. The molecular weight excluding hydrogens is 242 g/mol. The van der Waals surface area contributed by atoms with Gasteiger partial charge in [0.25, 0.3) is 0 Å². The molecule has 0 amide bonds. The van der Waals surface area contributed by atoms with Gasteiger partial charge < -0.3 is 14.6 Å². The number of benzene rings is 2. The maximum Gasteiger partial charge on any atom is 0.226 e. The normalized spacial score (nSPS) is 10.5. The van der Waals surface area contributed by atoms with Gasteiger partial charge in [0.1, 0.15) is 11.5 Å². The molecule has 4 nitrogen and oxygen atoms in total. The first-order valence-corrected chi connectivity index (χ1v) is 5.77. The molecule has 94 valence electrons. The van der Waals surface area contributed by atoms with Crippen LogP contribution in [0, 0.1) is 0 Å². The maximum absolute atomic E-state index is 9.77. The van der Waals surface area contributed by atoms with Crippen molar-refractivity contribution in [1.82, 2.24) is 4.98 Å². The molecule has 0 atom stereocenters. The third kappa shape index (κ3) is 2.15. The van der Waals surface area contributed by atoms with Crippen LogP contribution in [-0.4, -0.2) is 15.2 Å². The number of hydrogen-bond donors (Lipinski definition) is 2. The van der Waals surface area contributed by atoms with E-state index in [0.29, 0.717) is 17.2 Å². The van der Waals surface area contributed by atoms with E-state index in [9.17, 15) is 10.2 Å². The Hall–Kier alpha value is -2.75. The highest BCUT2D eigenvalue weighted by atomic mass is 16.4. The summed E-state index contributed by atoms with van der Waals surface area (Å²) in [6.07, 6.45) is 1.52. The molecule has 0 unspecified atom stereocenters. The van der Waals surface area contributed by atoms with E-state index in [1.54, 1.807) is 0 Å². The number of nitrogens with zero attached hydrogens (tertiary/aromatic N) is 1. The van der Waals surface area contributed by atoms with Crippen molar-refractivity contribution >= 4 is 0 Å². The Morgan fingerprint density at radius 1 is 0.947 bits per heavy atom. The Morgan fingerprint density at radius 2 is 1.74 bits per heavy atom. The van der Waals surface area contributed by atoms with Gasteiger partial charge in [-0.15, -0.1) is 0 Å². The number of hydrogen-bond acceptors (Lipinski definition) is 4. The fourth-order valence-corrected chi connectivity index (χ4v) is 1.83. The number of rotatable bonds is 2. The molecule has 0 aliphatic heterocycles. The molecule has 3 rings (SSSR count). The predicted molar refractivity (Wildman–Crippen MR) is 70.7 cm³/mol. The van der Waals surface area contributed by atoms with Crippen molar-refractivity contribution in [3.8, 4) is 34.3 Å². The molecular formula is C15H11NO3. The number of phenols is 2. The highest BCUT2D eigenvalue weighted by Gasteiger charge is 2.12. The highest BCUT2D eigenvalue weighted by Crippen LogP contribution is 2.34. The maximum atomic E-state index is 9.77. The lowest BCUT2D eigenvalue weighted by Crippen LogP contribution is -1.76. The van der Waals surface area contributed by atoms with Crippen molar-refractivity contribution in [3.05, 3.63) is 54.7 Å². The first-order valence-electron chi connectivity index (χ1n) is 5.77. The van der Waals surface area contributed by atoms with E-state index in [-0.39, 0.29) is 11.5 Å². The van der Waals surface area contributed by atoms with Crippen molar-refractivity contribution < 1.29 is 14.6 Å². The van der Waals surface area contributed by atoms with E-state index >= 15 is 0 Å². The zero-order valence-electron chi connectivity index (χ0n) is 9.95. The summed E-state index contributed by atoms with van der Waals surface area (Å²) in [5, 5.41) is 19.2. The molecule has 1 aromatic heterocycles. The van der Waals surface area contributed by atoms with Gasteiger partial charge in [-0.2, -0.15) is 0 Å². The summed E-state index contributed by atoms with van der Waals surface area (Å²) in [6, 6.07) is 13.7. The molecule has 0 aliphatic rings.